The van der Waals surface area contributed by atoms with Crippen molar-refractivity contribution in [1.29, 1.82) is 0 Å². The van der Waals surface area contributed by atoms with Crippen molar-refractivity contribution in [2.75, 3.05) is 13.1 Å². The van der Waals surface area contributed by atoms with Gasteiger partial charge in [-0.05, 0) is 18.1 Å². The van der Waals surface area contributed by atoms with Gasteiger partial charge in [-0.2, -0.15) is 0 Å². The van der Waals surface area contributed by atoms with Crippen molar-refractivity contribution in [2.45, 2.75) is 18.6 Å². The van der Waals surface area contributed by atoms with E-state index in [1.165, 1.54) is 6.07 Å². The van der Waals surface area contributed by atoms with Crippen molar-refractivity contribution < 1.29 is 4.39 Å². The van der Waals surface area contributed by atoms with Crippen molar-refractivity contribution >= 4 is 16.9 Å². The van der Waals surface area contributed by atoms with Crippen molar-refractivity contribution in [3.8, 4) is 0 Å². The third kappa shape index (κ3) is 2.98. The van der Waals surface area contributed by atoms with E-state index in [0.717, 1.165) is 23.8 Å². The van der Waals surface area contributed by atoms with Gasteiger partial charge in [-0.1, -0.05) is 36.9 Å². The second-order valence-corrected chi connectivity index (χ2v) is 5.27. The Labute approximate surface area is 99.3 Å². The van der Waals surface area contributed by atoms with E-state index in [-0.39, 0.29) is 5.82 Å². The van der Waals surface area contributed by atoms with Crippen LogP contribution < -0.4 is 5.32 Å². The molecule has 86 valence electrons. The van der Waals surface area contributed by atoms with E-state index in [1.807, 2.05) is 12.1 Å². The van der Waals surface area contributed by atoms with E-state index < -0.39 is 0 Å². The first-order valence-electron chi connectivity index (χ1n) is 5.44. The first kappa shape index (κ1) is 11.5. The largest absolute Gasteiger partial charge is 0.365 e. The Bertz CT molecular complexity index is 392. The Morgan fingerprint density at radius 3 is 3.00 bits per heavy atom. The monoisotopic (exact) mass is 238 g/mol. The van der Waals surface area contributed by atoms with Crippen LogP contribution in [0.1, 0.15) is 12.5 Å². The number of nitrogens with zero attached hydrogens (tertiary/aromatic N) is 1. The average molecular weight is 238 g/mol. The first-order valence-corrected chi connectivity index (χ1v) is 6.32. The number of nitrogens with one attached hydrogen (secondary N) is 1. The molecule has 1 aromatic rings. The van der Waals surface area contributed by atoms with E-state index in [1.54, 1.807) is 17.8 Å². The van der Waals surface area contributed by atoms with Crippen LogP contribution in [-0.4, -0.2) is 23.5 Å². The van der Waals surface area contributed by atoms with Gasteiger partial charge in [0.05, 0.1) is 6.54 Å². The maximum absolute atomic E-state index is 13.3. The Morgan fingerprint density at radius 2 is 2.31 bits per heavy atom. The molecule has 2 nitrogen and oxygen atoms in total. The van der Waals surface area contributed by atoms with Crippen LogP contribution in [0.25, 0.3) is 0 Å². The standard InChI is InChI=1S/C12H15FN2S/c1-9-8-15-12(16-9)14-7-6-10-4-2-3-5-11(10)13/h2-5,9H,6-8H2,1H3,(H,14,15). The van der Waals surface area contributed by atoms with Crippen LogP contribution in [-0.2, 0) is 6.42 Å². The highest BCUT2D eigenvalue weighted by Gasteiger charge is 2.13. The number of amidine groups is 1. The summed E-state index contributed by atoms with van der Waals surface area (Å²) < 4.78 is 13.3. The Morgan fingerprint density at radius 1 is 1.50 bits per heavy atom. The maximum atomic E-state index is 13.3. The molecule has 16 heavy (non-hydrogen) atoms. The lowest BCUT2D eigenvalue weighted by Crippen LogP contribution is -2.22. The average Bonchev–Trinajstić information content (AvgIpc) is 2.67. The van der Waals surface area contributed by atoms with Gasteiger partial charge in [0.15, 0.2) is 5.17 Å². The fourth-order valence-corrected chi connectivity index (χ4v) is 2.44. The summed E-state index contributed by atoms with van der Waals surface area (Å²) in [4.78, 5) is 4.35. The summed E-state index contributed by atoms with van der Waals surface area (Å²) in [6, 6.07) is 6.90. The summed E-state index contributed by atoms with van der Waals surface area (Å²) in [5.74, 6) is -0.126. The fraction of sp³-hybridized carbons (Fsp3) is 0.417. The van der Waals surface area contributed by atoms with Gasteiger partial charge in [0.25, 0.3) is 0 Å². The SMILES string of the molecule is CC1CN=C(NCCc2ccccc2F)S1. The molecule has 0 amide bonds. The molecule has 1 atom stereocenters. The Kier molecular flexibility index (Phi) is 3.83. The molecule has 1 unspecified atom stereocenters. The number of aliphatic imine (C=N–C) groups is 1. The molecule has 0 saturated carbocycles. The van der Waals surface area contributed by atoms with E-state index in [9.17, 15) is 4.39 Å². The van der Waals surface area contributed by atoms with Gasteiger partial charge in [0, 0.05) is 11.8 Å². The molecule has 1 N–H and O–H groups in total. The third-order valence-corrected chi connectivity index (χ3v) is 3.48. The molecule has 0 bridgehead atoms. The second-order valence-electron chi connectivity index (χ2n) is 3.84. The quantitative estimate of drug-likeness (QED) is 0.874. The Hall–Kier alpha value is -1.03. The summed E-state index contributed by atoms with van der Waals surface area (Å²) in [5.41, 5.74) is 0.756. The number of rotatable bonds is 3. The number of benzene rings is 1. The summed E-state index contributed by atoms with van der Waals surface area (Å²) in [6.07, 6.45) is 0.695. The molecule has 0 aliphatic carbocycles. The van der Waals surface area contributed by atoms with Crippen LogP contribution in [0.2, 0.25) is 0 Å². The minimum absolute atomic E-state index is 0.126. The second kappa shape index (κ2) is 5.34. The zero-order valence-electron chi connectivity index (χ0n) is 9.24. The predicted molar refractivity (Wildman–Crippen MR) is 67.5 cm³/mol. The summed E-state index contributed by atoms with van der Waals surface area (Å²) in [5, 5.41) is 4.79. The molecule has 1 aliphatic heterocycles. The number of thioether (sulfide) groups is 1. The van der Waals surface area contributed by atoms with Gasteiger partial charge < -0.3 is 5.32 Å². The van der Waals surface area contributed by atoms with Gasteiger partial charge in [0.2, 0.25) is 0 Å². The number of hydrogen-bond acceptors (Lipinski definition) is 3. The summed E-state index contributed by atoms with van der Waals surface area (Å²) in [6.45, 7) is 3.77. The highest BCUT2D eigenvalue weighted by molar-refractivity contribution is 8.14. The molecule has 0 aromatic heterocycles. The zero-order chi connectivity index (χ0) is 11.4. The molecule has 4 heteroatoms. The zero-order valence-corrected chi connectivity index (χ0v) is 10.1. The molecule has 0 saturated heterocycles. The maximum Gasteiger partial charge on any atom is 0.156 e. The molecule has 1 aromatic carbocycles. The number of halogens is 1. The predicted octanol–water partition coefficient (Wildman–Crippen LogP) is 2.45. The molecule has 2 rings (SSSR count). The van der Waals surface area contributed by atoms with E-state index in [0.29, 0.717) is 11.7 Å². The van der Waals surface area contributed by atoms with Gasteiger partial charge in [-0.3, -0.25) is 4.99 Å². The van der Waals surface area contributed by atoms with E-state index >= 15 is 0 Å². The topological polar surface area (TPSA) is 24.4 Å². The highest BCUT2D eigenvalue weighted by Crippen LogP contribution is 2.18. The fourth-order valence-electron chi connectivity index (χ4n) is 1.58. The molecule has 0 spiro atoms. The van der Waals surface area contributed by atoms with Crippen molar-refractivity contribution in [3.05, 3.63) is 35.6 Å². The molecular formula is C12H15FN2S. The van der Waals surface area contributed by atoms with Crippen molar-refractivity contribution in [2.24, 2.45) is 4.99 Å². The lowest BCUT2D eigenvalue weighted by molar-refractivity contribution is 0.607. The van der Waals surface area contributed by atoms with Crippen LogP contribution in [0, 0.1) is 5.82 Å². The minimum Gasteiger partial charge on any atom is -0.365 e. The lowest BCUT2D eigenvalue weighted by atomic mass is 10.1. The van der Waals surface area contributed by atoms with Crippen LogP contribution in [0.3, 0.4) is 0 Å². The molecule has 0 radical (unpaired) electrons. The first-order chi connectivity index (χ1) is 7.75. The van der Waals surface area contributed by atoms with Crippen molar-refractivity contribution in [3.63, 3.8) is 0 Å². The van der Waals surface area contributed by atoms with Gasteiger partial charge in [-0.25, -0.2) is 4.39 Å². The molecular weight excluding hydrogens is 223 g/mol. The van der Waals surface area contributed by atoms with E-state index in [4.69, 9.17) is 0 Å². The summed E-state index contributed by atoms with van der Waals surface area (Å²) >= 11 is 1.75. The van der Waals surface area contributed by atoms with Crippen LogP contribution in [0.5, 0.6) is 0 Å². The Balaban J connectivity index is 1.78. The summed E-state index contributed by atoms with van der Waals surface area (Å²) in [7, 11) is 0. The molecule has 1 heterocycles. The molecule has 0 fully saturated rings. The normalized spacial score (nSPS) is 19.6. The smallest absolute Gasteiger partial charge is 0.156 e. The van der Waals surface area contributed by atoms with E-state index in [2.05, 4.69) is 17.2 Å². The van der Waals surface area contributed by atoms with Gasteiger partial charge in [0.1, 0.15) is 5.82 Å². The van der Waals surface area contributed by atoms with Gasteiger partial charge in [-0.15, -0.1) is 0 Å². The molecule has 1 aliphatic rings. The third-order valence-electron chi connectivity index (χ3n) is 2.43. The van der Waals surface area contributed by atoms with Crippen LogP contribution in [0.4, 0.5) is 4.39 Å². The van der Waals surface area contributed by atoms with Gasteiger partial charge >= 0.3 is 0 Å². The highest BCUT2D eigenvalue weighted by atomic mass is 32.2. The van der Waals surface area contributed by atoms with Crippen LogP contribution in [0.15, 0.2) is 29.3 Å². The van der Waals surface area contributed by atoms with Crippen LogP contribution >= 0.6 is 11.8 Å². The van der Waals surface area contributed by atoms with Crippen molar-refractivity contribution in [1.82, 2.24) is 5.32 Å². The number of hydrogen-bond donors (Lipinski definition) is 1. The minimum atomic E-state index is -0.126. The lowest BCUT2D eigenvalue weighted by Gasteiger charge is -2.06.